The highest BCUT2D eigenvalue weighted by atomic mass is 16.5. The number of carbonyl (C=O) groups is 2. The quantitative estimate of drug-likeness (QED) is 0.448. The van der Waals surface area contributed by atoms with E-state index in [1.54, 1.807) is 48.7 Å². The van der Waals surface area contributed by atoms with Crippen LogP contribution in [0.15, 0.2) is 79.0 Å². The number of hydrogen-bond donors (Lipinski definition) is 1. The lowest BCUT2D eigenvalue weighted by Gasteiger charge is -2.19. The number of hydrogen-bond acceptors (Lipinski definition) is 6. The van der Waals surface area contributed by atoms with Crippen LogP contribution in [-0.2, 0) is 4.79 Å². The van der Waals surface area contributed by atoms with E-state index in [0.29, 0.717) is 17.9 Å². The molecule has 0 radical (unpaired) electrons. The number of nitrogens with zero attached hydrogens (tertiary/aromatic N) is 2. The van der Waals surface area contributed by atoms with Gasteiger partial charge in [0.2, 0.25) is 5.88 Å². The Hall–Kier alpha value is -4.13. The fourth-order valence-electron chi connectivity index (χ4n) is 3.96. The molecule has 2 heterocycles. The first kappa shape index (κ1) is 23.0. The van der Waals surface area contributed by atoms with Crippen LogP contribution in [0.25, 0.3) is 0 Å². The molecule has 0 bridgehead atoms. The summed E-state index contributed by atoms with van der Waals surface area (Å²) in [4.78, 5) is 30.5. The molecule has 34 heavy (non-hydrogen) atoms. The van der Waals surface area contributed by atoms with E-state index in [1.807, 2.05) is 37.3 Å². The number of nitrogens with two attached hydrogens (primary N) is 1. The average molecular weight is 458 g/mol. The Balaban J connectivity index is 1.44. The largest absolute Gasteiger partial charge is 0.457 e. The highest BCUT2D eigenvalue weighted by Gasteiger charge is 2.25. The van der Waals surface area contributed by atoms with Gasteiger partial charge in [-0.15, -0.1) is 0 Å². The predicted molar refractivity (Wildman–Crippen MR) is 131 cm³/mol. The number of pyridine rings is 1. The number of primary amides is 1. The maximum Gasteiger partial charge on any atom is 0.254 e. The monoisotopic (exact) mass is 457 g/mol. The number of carbonyl (C=O) groups excluding carboxylic acids is 2. The molecule has 7 nitrogen and oxygen atoms in total. The summed E-state index contributed by atoms with van der Waals surface area (Å²) in [6, 6.07) is 18.2. The summed E-state index contributed by atoms with van der Waals surface area (Å²) in [7, 11) is 0. The molecule has 1 aromatic heterocycles. The van der Waals surface area contributed by atoms with Gasteiger partial charge in [0.25, 0.3) is 5.91 Å². The molecule has 2 N–H and O–H groups in total. The van der Waals surface area contributed by atoms with Gasteiger partial charge in [-0.3, -0.25) is 9.59 Å². The van der Waals surface area contributed by atoms with E-state index >= 15 is 0 Å². The summed E-state index contributed by atoms with van der Waals surface area (Å²) in [6.45, 7) is 3.36. The van der Waals surface area contributed by atoms with Crippen LogP contribution in [0.4, 0.5) is 5.69 Å². The molecule has 4 rings (SSSR count). The lowest BCUT2D eigenvalue weighted by molar-refractivity contribution is -0.115. The van der Waals surface area contributed by atoms with E-state index < -0.39 is 5.91 Å². The molecule has 1 saturated heterocycles. The highest BCUT2D eigenvalue weighted by Crippen LogP contribution is 2.31. The summed E-state index contributed by atoms with van der Waals surface area (Å²) in [5.74, 6) is 1.84. The van der Waals surface area contributed by atoms with Crippen LogP contribution in [0.2, 0.25) is 0 Å². The Kier molecular flexibility index (Phi) is 7.22. The van der Waals surface area contributed by atoms with Gasteiger partial charge in [0.05, 0.1) is 11.9 Å². The molecule has 1 fully saturated rings. The van der Waals surface area contributed by atoms with Gasteiger partial charge in [0.1, 0.15) is 22.8 Å². The Bertz CT molecular complexity index is 1180. The topological polar surface area (TPSA) is 94.8 Å². The van der Waals surface area contributed by atoms with E-state index in [2.05, 4.69) is 9.88 Å². The molecule has 0 spiro atoms. The molecule has 2 aromatic carbocycles. The molecule has 0 saturated carbocycles. The Morgan fingerprint density at radius 2 is 1.74 bits per heavy atom. The van der Waals surface area contributed by atoms with Crippen molar-refractivity contribution in [2.45, 2.75) is 19.8 Å². The molecule has 174 valence electrons. The van der Waals surface area contributed by atoms with Crippen LogP contribution in [0.3, 0.4) is 0 Å². The fourth-order valence-corrected chi connectivity index (χ4v) is 3.96. The third-order valence-corrected chi connectivity index (χ3v) is 5.61. The van der Waals surface area contributed by atoms with Crippen molar-refractivity contribution in [3.05, 3.63) is 84.6 Å². The van der Waals surface area contributed by atoms with E-state index in [9.17, 15) is 9.59 Å². The third kappa shape index (κ3) is 5.81. The SMILES string of the molecule is C/C=C/C(=O)CC1CCN(c2cnc(Oc3ccc(Oc4ccccc4)cc3)c(C(N)=O)c2)C1. The standard InChI is InChI=1S/C27H27N3O4/c1-2-6-21(31)15-19-13-14-30(18-19)20-16-25(26(28)32)27(29-17-20)34-24-11-9-23(10-12-24)33-22-7-4-3-5-8-22/h2-12,16-17,19H,13-15,18H2,1H3,(H2,28,32)/b6-2+. The Morgan fingerprint density at radius 3 is 2.41 bits per heavy atom. The minimum atomic E-state index is -0.618. The molecule has 3 aromatic rings. The second-order valence-electron chi connectivity index (χ2n) is 8.17. The fraction of sp³-hybridized carbons (Fsp3) is 0.222. The average Bonchev–Trinajstić information content (AvgIpc) is 3.29. The van der Waals surface area contributed by atoms with Gasteiger partial charge in [-0.05, 0) is 67.8 Å². The smallest absolute Gasteiger partial charge is 0.254 e. The van der Waals surface area contributed by atoms with Crippen LogP contribution in [0.5, 0.6) is 23.1 Å². The zero-order valence-corrected chi connectivity index (χ0v) is 19.0. The van der Waals surface area contributed by atoms with Crippen molar-refractivity contribution in [1.29, 1.82) is 0 Å². The minimum absolute atomic E-state index is 0.134. The predicted octanol–water partition coefficient (Wildman–Crippen LogP) is 5.13. The van der Waals surface area contributed by atoms with E-state index in [1.165, 1.54) is 0 Å². The second kappa shape index (κ2) is 10.7. The number of aromatic nitrogens is 1. The van der Waals surface area contributed by atoms with E-state index in [-0.39, 0.29) is 23.1 Å². The highest BCUT2D eigenvalue weighted by molar-refractivity contribution is 5.96. The summed E-state index contributed by atoms with van der Waals surface area (Å²) >= 11 is 0. The van der Waals surface area contributed by atoms with Gasteiger partial charge in [-0.1, -0.05) is 24.3 Å². The molecule has 1 aliphatic heterocycles. The minimum Gasteiger partial charge on any atom is -0.457 e. The first-order valence-corrected chi connectivity index (χ1v) is 11.2. The first-order chi connectivity index (χ1) is 16.5. The Labute approximate surface area is 198 Å². The number of benzene rings is 2. The number of para-hydroxylation sites is 1. The molecule has 0 aliphatic carbocycles. The number of ether oxygens (including phenoxy) is 2. The zero-order chi connectivity index (χ0) is 23.9. The first-order valence-electron chi connectivity index (χ1n) is 11.2. The van der Waals surface area contributed by atoms with Crippen LogP contribution in [-0.4, -0.2) is 29.8 Å². The maximum absolute atomic E-state index is 12.1. The van der Waals surface area contributed by atoms with Crippen LogP contribution in [0.1, 0.15) is 30.1 Å². The number of rotatable bonds is 9. The van der Waals surface area contributed by atoms with Gasteiger partial charge < -0.3 is 20.1 Å². The van der Waals surface area contributed by atoms with Crippen molar-refractivity contribution >= 4 is 17.4 Å². The number of amides is 1. The normalized spacial score (nSPS) is 15.4. The van der Waals surface area contributed by atoms with Gasteiger partial charge in [-0.25, -0.2) is 4.98 Å². The molecule has 1 atom stereocenters. The summed E-state index contributed by atoms with van der Waals surface area (Å²) in [5, 5.41) is 0. The molecule has 7 heteroatoms. The lowest BCUT2D eigenvalue weighted by atomic mass is 10.0. The van der Waals surface area contributed by atoms with Crippen LogP contribution < -0.4 is 20.1 Å². The van der Waals surface area contributed by atoms with Crippen molar-refractivity contribution in [1.82, 2.24) is 4.98 Å². The maximum atomic E-state index is 12.1. The zero-order valence-electron chi connectivity index (χ0n) is 19.0. The third-order valence-electron chi connectivity index (χ3n) is 5.61. The molecule has 1 amide bonds. The van der Waals surface area contributed by atoms with E-state index in [4.69, 9.17) is 15.2 Å². The van der Waals surface area contributed by atoms with Crippen molar-refractivity contribution in [2.75, 3.05) is 18.0 Å². The molecule has 1 unspecified atom stereocenters. The summed E-state index contributed by atoms with van der Waals surface area (Å²) in [5.41, 5.74) is 6.61. The Morgan fingerprint density at radius 1 is 1.06 bits per heavy atom. The number of ketones is 1. The summed E-state index contributed by atoms with van der Waals surface area (Å²) < 4.78 is 11.6. The van der Waals surface area contributed by atoms with Crippen molar-refractivity contribution in [3.63, 3.8) is 0 Å². The van der Waals surface area contributed by atoms with Crippen molar-refractivity contribution in [2.24, 2.45) is 11.7 Å². The van der Waals surface area contributed by atoms with Gasteiger partial charge in [-0.2, -0.15) is 0 Å². The number of anilines is 1. The summed E-state index contributed by atoms with van der Waals surface area (Å²) in [6.07, 6.45) is 6.47. The molecule has 1 aliphatic rings. The second-order valence-corrected chi connectivity index (χ2v) is 8.17. The number of allylic oxidation sites excluding steroid dienone is 2. The van der Waals surface area contributed by atoms with Crippen LogP contribution in [0, 0.1) is 5.92 Å². The van der Waals surface area contributed by atoms with Gasteiger partial charge in [0, 0.05) is 19.5 Å². The molecular formula is C27H27N3O4. The van der Waals surface area contributed by atoms with Gasteiger partial charge >= 0.3 is 0 Å². The van der Waals surface area contributed by atoms with Crippen molar-refractivity contribution < 1.29 is 19.1 Å². The van der Waals surface area contributed by atoms with Crippen LogP contribution >= 0.6 is 0 Å². The van der Waals surface area contributed by atoms with Gasteiger partial charge in [0.15, 0.2) is 5.78 Å². The molecular weight excluding hydrogens is 430 g/mol. The lowest BCUT2D eigenvalue weighted by Crippen LogP contribution is -2.22. The van der Waals surface area contributed by atoms with Crippen molar-refractivity contribution in [3.8, 4) is 23.1 Å². The van der Waals surface area contributed by atoms with E-state index in [0.717, 1.165) is 30.9 Å².